The summed E-state index contributed by atoms with van der Waals surface area (Å²) in [6.07, 6.45) is 6.42. The summed E-state index contributed by atoms with van der Waals surface area (Å²) in [5.74, 6) is 1.64. The van der Waals surface area contributed by atoms with Gasteiger partial charge in [0.25, 0.3) is 5.91 Å². The fourth-order valence-electron chi connectivity index (χ4n) is 7.29. The number of amides is 2. The lowest BCUT2D eigenvalue weighted by molar-refractivity contribution is -0.132. The van der Waals surface area contributed by atoms with Crippen LogP contribution in [0.1, 0.15) is 103 Å². The van der Waals surface area contributed by atoms with Crippen molar-refractivity contribution in [3.63, 3.8) is 0 Å². The fourth-order valence-corrected chi connectivity index (χ4v) is 7.29. The van der Waals surface area contributed by atoms with Gasteiger partial charge in [0.05, 0.1) is 44.7 Å². The Morgan fingerprint density at radius 3 is 2.28 bits per heavy atom. The molecule has 0 saturated carbocycles. The van der Waals surface area contributed by atoms with Gasteiger partial charge >= 0.3 is 6.09 Å². The Morgan fingerprint density at radius 1 is 1.02 bits per heavy atom. The van der Waals surface area contributed by atoms with Gasteiger partial charge in [-0.3, -0.25) is 24.4 Å². The number of benzene rings is 3. The molecule has 2 N–H and O–H groups in total. The van der Waals surface area contributed by atoms with Crippen molar-refractivity contribution in [3.05, 3.63) is 100 Å². The quantitative estimate of drug-likeness (QED) is 0.0306. The van der Waals surface area contributed by atoms with E-state index in [2.05, 4.69) is 40.6 Å². The normalized spacial score (nSPS) is 15.0. The van der Waals surface area contributed by atoms with E-state index in [1.165, 1.54) is 14.2 Å². The van der Waals surface area contributed by atoms with E-state index in [9.17, 15) is 14.4 Å². The van der Waals surface area contributed by atoms with E-state index >= 15 is 0 Å². The maximum absolute atomic E-state index is 13.7. The van der Waals surface area contributed by atoms with E-state index in [0.717, 1.165) is 44.7 Å². The van der Waals surface area contributed by atoms with Gasteiger partial charge in [-0.1, -0.05) is 43.7 Å². The molecular weight excluding hydrogens is 831 g/mol. The first-order valence-electron chi connectivity index (χ1n) is 22.0. The number of carbonyl (C=O) groups excluding carboxylic acids is 2. The molecule has 3 aromatic carbocycles. The lowest BCUT2D eigenvalue weighted by atomic mass is 10.0. The van der Waals surface area contributed by atoms with E-state index < -0.39 is 11.7 Å². The minimum atomic E-state index is -1.17. The lowest BCUT2D eigenvalue weighted by Crippen LogP contribution is -2.37. The molecule has 2 atom stereocenters. The first kappa shape index (κ1) is 51.6. The van der Waals surface area contributed by atoms with E-state index in [-0.39, 0.29) is 37.8 Å². The molecule has 0 bridgehead atoms. The Balaban J connectivity index is 0.00000456. The second-order valence-corrected chi connectivity index (χ2v) is 16.4. The number of rotatable bonds is 23. The maximum Gasteiger partial charge on any atom is 0.431 e. The number of carboxylic acid groups (broad SMARTS) is 1. The Morgan fingerprint density at radius 2 is 1.66 bits per heavy atom. The number of hydroxylamine groups is 2. The minimum Gasteiger partial charge on any atom is -0.493 e. The van der Waals surface area contributed by atoms with Crippen molar-refractivity contribution in [1.29, 1.82) is 0 Å². The number of methoxy groups -OCH3 is 2. The van der Waals surface area contributed by atoms with Crippen LogP contribution < -0.4 is 24.3 Å². The highest BCUT2D eigenvalue weighted by molar-refractivity contribution is 5.99. The van der Waals surface area contributed by atoms with Crippen LogP contribution in [0.15, 0.2) is 76.8 Å². The molecule has 352 valence electrons. The molecule has 1 fully saturated rings. The van der Waals surface area contributed by atoms with E-state index in [1.54, 1.807) is 36.4 Å². The second kappa shape index (κ2) is 24.9. The van der Waals surface area contributed by atoms with Crippen LogP contribution in [0, 0.1) is 0 Å². The summed E-state index contributed by atoms with van der Waals surface area (Å²) in [7, 11) is 6.26. The highest BCUT2D eigenvalue weighted by Gasteiger charge is 2.33. The number of aryl methyl sites for hydroxylation is 1. The van der Waals surface area contributed by atoms with Gasteiger partial charge in [0.1, 0.15) is 13.2 Å². The molecule has 2 unspecified atom stereocenters. The molecule has 2 amide bonds. The third kappa shape index (κ3) is 15.0. The van der Waals surface area contributed by atoms with Crippen molar-refractivity contribution >= 4 is 36.4 Å². The number of hydrogen-bond acceptors (Lipinski definition) is 12. The molecule has 0 aliphatic carbocycles. The molecule has 1 saturated heterocycles. The van der Waals surface area contributed by atoms with Crippen molar-refractivity contribution in [2.75, 3.05) is 48.1 Å². The second-order valence-electron chi connectivity index (χ2n) is 16.4. The number of ether oxygens (including phenoxy) is 5. The smallest absolute Gasteiger partial charge is 0.431 e. The summed E-state index contributed by atoms with van der Waals surface area (Å²) in [6, 6.07) is 12.9. The summed E-state index contributed by atoms with van der Waals surface area (Å²) >= 11 is 0. The molecular formula is C50H67N5O10. The van der Waals surface area contributed by atoms with Gasteiger partial charge < -0.3 is 39.0 Å². The molecule has 15 nitrogen and oxygen atoms in total. The Kier molecular flexibility index (Phi) is 19.7. The predicted octanol–water partition coefficient (Wildman–Crippen LogP) is 8.97. The molecule has 5 rings (SSSR count). The fraction of sp³-hybridized carbons (Fsp3) is 0.460. The van der Waals surface area contributed by atoms with Crippen LogP contribution in [-0.4, -0.2) is 112 Å². The standard InChI is InChI=1S/C48H61N5O10.C2H6/c1-31(2)15-38(49-6)25-51-41-23-45(42(58-8)21-37(41)28-54)61-30-35-18-33(11-10-13-62-48(4,5)12-14-63-52(7)47(56)57)17-34(19-35)29-60-44-20-36-24-50-26-39-16-32(3)27-53(39)46(55)40(36)22-43(44)59-9;1-2/h17-23,25-26,28,38-39,49H,1,3,10-16,24,27,29-30H2,2,4-9H3,(H,56,57);1-2H3. The first-order chi connectivity index (χ1) is 31.1. The SMILES string of the molecule is C=C(C)CC(C=Nc1cc(OCc2cc(CCCOC(C)(C)CCON(C)C(=O)O)cc(COc3cc4c(cc3OC)C(=O)N3CC(=C)CC3C=NC4)c2)c(OC)cc1C=O)NC.CC. The molecule has 0 radical (unpaired) electrons. The van der Waals surface area contributed by atoms with Crippen LogP contribution in [-0.2, 0) is 35.8 Å². The van der Waals surface area contributed by atoms with E-state index in [0.29, 0.717) is 91.6 Å². The Bertz CT molecular complexity index is 2200. The summed E-state index contributed by atoms with van der Waals surface area (Å²) in [6.45, 7) is 19.7. The lowest BCUT2D eigenvalue weighted by Gasteiger charge is -2.26. The molecule has 15 heteroatoms. The highest BCUT2D eigenvalue weighted by Crippen LogP contribution is 2.37. The van der Waals surface area contributed by atoms with Gasteiger partial charge in [0, 0.05) is 62.3 Å². The van der Waals surface area contributed by atoms with Crippen LogP contribution >= 0.6 is 0 Å². The number of carbonyl (C=O) groups is 3. The molecule has 2 heterocycles. The summed E-state index contributed by atoms with van der Waals surface area (Å²) < 4.78 is 30.4. The average molecular weight is 898 g/mol. The van der Waals surface area contributed by atoms with E-state index in [1.807, 2.05) is 60.0 Å². The molecule has 0 spiro atoms. The van der Waals surface area contributed by atoms with Gasteiger partial charge in [-0.25, -0.2) is 4.79 Å². The van der Waals surface area contributed by atoms with Gasteiger partial charge in [0.15, 0.2) is 29.3 Å². The van der Waals surface area contributed by atoms with Crippen molar-refractivity contribution in [2.45, 2.75) is 104 Å². The highest BCUT2D eigenvalue weighted by atomic mass is 16.7. The third-order valence-electron chi connectivity index (χ3n) is 10.7. The zero-order chi connectivity index (χ0) is 47.7. The predicted molar refractivity (Wildman–Crippen MR) is 254 cm³/mol. The molecule has 2 aliphatic rings. The van der Waals surface area contributed by atoms with Gasteiger partial charge in [-0.2, -0.15) is 5.06 Å². The third-order valence-corrected chi connectivity index (χ3v) is 10.7. The van der Waals surface area contributed by atoms with Crippen molar-refractivity contribution in [1.82, 2.24) is 15.3 Å². The number of nitrogens with zero attached hydrogens (tertiary/aromatic N) is 4. The van der Waals surface area contributed by atoms with Gasteiger partial charge in [-0.15, -0.1) is 6.58 Å². The summed E-state index contributed by atoms with van der Waals surface area (Å²) in [4.78, 5) is 53.2. The van der Waals surface area contributed by atoms with Gasteiger partial charge in [0.2, 0.25) is 0 Å². The molecule has 2 aliphatic heterocycles. The van der Waals surface area contributed by atoms with Crippen LogP contribution in [0.3, 0.4) is 0 Å². The van der Waals surface area contributed by atoms with Crippen LogP contribution in [0.5, 0.6) is 23.0 Å². The van der Waals surface area contributed by atoms with Gasteiger partial charge in [-0.05, 0) is 100 Å². The Hall–Kier alpha value is -6.03. The summed E-state index contributed by atoms with van der Waals surface area (Å²) in [5, 5.41) is 13.0. The van der Waals surface area contributed by atoms with Crippen molar-refractivity contribution < 1.29 is 48.0 Å². The monoisotopic (exact) mass is 897 g/mol. The van der Waals surface area contributed by atoms with Crippen LogP contribution in [0.2, 0.25) is 0 Å². The Labute approximate surface area is 384 Å². The van der Waals surface area contributed by atoms with Crippen LogP contribution in [0.25, 0.3) is 0 Å². The number of fused-ring (bicyclic) bond motifs is 2. The van der Waals surface area contributed by atoms with Crippen molar-refractivity contribution in [2.24, 2.45) is 9.98 Å². The number of aliphatic imine (C=N–C) groups is 2. The minimum absolute atomic E-state index is 0.0712. The topological polar surface area (TPSA) is 170 Å². The molecule has 3 aromatic rings. The van der Waals surface area contributed by atoms with E-state index in [4.69, 9.17) is 33.6 Å². The van der Waals surface area contributed by atoms with Crippen molar-refractivity contribution in [3.8, 4) is 23.0 Å². The molecule has 65 heavy (non-hydrogen) atoms. The number of nitrogens with one attached hydrogen (secondary N) is 1. The first-order valence-corrected chi connectivity index (χ1v) is 22.0. The zero-order valence-electron chi connectivity index (χ0n) is 39.5. The largest absolute Gasteiger partial charge is 0.493 e. The number of hydrogen-bond donors (Lipinski definition) is 2. The summed E-state index contributed by atoms with van der Waals surface area (Å²) in [5.41, 5.74) is 6.29. The number of aldehydes is 1. The van der Waals surface area contributed by atoms with Crippen LogP contribution in [0.4, 0.5) is 10.5 Å². The molecule has 0 aromatic heterocycles. The zero-order valence-corrected chi connectivity index (χ0v) is 39.5. The average Bonchev–Trinajstić information content (AvgIpc) is 3.66. The maximum atomic E-state index is 13.7.